The van der Waals surface area contributed by atoms with E-state index in [1.807, 2.05) is 32.9 Å². The van der Waals surface area contributed by atoms with Crippen molar-refractivity contribution < 1.29 is 14.6 Å². The highest BCUT2D eigenvalue weighted by Gasteiger charge is 2.22. The molecule has 0 bridgehead atoms. The molecule has 0 fully saturated rings. The number of rotatable bonds is 5. The Morgan fingerprint density at radius 1 is 1.47 bits per heavy atom. The number of aryl methyl sites for hydroxylation is 1. The Morgan fingerprint density at radius 3 is 2.59 bits per heavy atom. The van der Waals surface area contributed by atoms with Gasteiger partial charge in [0.25, 0.3) is 0 Å². The van der Waals surface area contributed by atoms with E-state index in [1.165, 1.54) is 0 Å². The number of carbonyl (C=O) groups is 1. The van der Waals surface area contributed by atoms with Gasteiger partial charge in [0, 0.05) is 12.1 Å². The first-order chi connectivity index (χ1) is 7.95. The Kier molecular flexibility index (Phi) is 4.52. The van der Waals surface area contributed by atoms with Crippen molar-refractivity contribution in [2.45, 2.75) is 32.8 Å². The molecule has 0 aliphatic carbocycles. The van der Waals surface area contributed by atoms with Gasteiger partial charge >= 0.3 is 5.97 Å². The van der Waals surface area contributed by atoms with E-state index >= 15 is 0 Å². The van der Waals surface area contributed by atoms with Gasteiger partial charge in [-0.15, -0.1) is 0 Å². The van der Waals surface area contributed by atoms with Gasteiger partial charge in [-0.1, -0.05) is 17.7 Å². The van der Waals surface area contributed by atoms with Crippen LogP contribution in [0.1, 0.15) is 30.9 Å². The normalized spacial score (nSPS) is 12.5. The Hall–Kier alpha value is -1.55. The molecule has 4 heteroatoms. The fourth-order valence-corrected chi connectivity index (χ4v) is 1.66. The fraction of sp³-hybridized carbons (Fsp3) is 0.462. The molecule has 0 heterocycles. The average molecular weight is 237 g/mol. The molecule has 0 aliphatic rings. The van der Waals surface area contributed by atoms with Crippen LogP contribution >= 0.6 is 0 Å². The number of ether oxygens (including phenoxy) is 1. The van der Waals surface area contributed by atoms with Crippen molar-refractivity contribution in [3.63, 3.8) is 0 Å². The minimum absolute atomic E-state index is 0.00340. The van der Waals surface area contributed by atoms with E-state index in [-0.39, 0.29) is 12.6 Å². The maximum Gasteiger partial charge on any atom is 0.312 e. The Labute approximate surface area is 101 Å². The smallest absolute Gasteiger partial charge is 0.312 e. The topological polar surface area (TPSA) is 72.5 Å². The summed E-state index contributed by atoms with van der Waals surface area (Å²) in [4.78, 5) is 11.1. The molecule has 3 N–H and O–H groups in total. The third kappa shape index (κ3) is 3.46. The van der Waals surface area contributed by atoms with E-state index in [1.54, 1.807) is 6.07 Å². The second-order valence-corrected chi connectivity index (χ2v) is 4.33. The molecular formula is C13H19NO3. The molecule has 0 amide bonds. The highest BCUT2D eigenvalue weighted by molar-refractivity contribution is 5.77. The lowest BCUT2D eigenvalue weighted by molar-refractivity contribution is -0.138. The number of nitrogens with two attached hydrogens (primary N) is 1. The van der Waals surface area contributed by atoms with Gasteiger partial charge in [0.1, 0.15) is 5.75 Å². The van der Waals surface area contributed by atoms with Gasteiger partial charge in [0.05, 0.1) is 12.0 Å². The molecule has 1 rings (SSSR count). The number of hydrogen-bond donors (Lipinski definition) is 2. The number of hydrogen-bond acceptors (Lipinski definition) is 3. The summed E-state index contributed by atoms with van der Waals surface area (Å²) < 4.78 is 5.61. The summed E-state index contributed by atoms with van der Waals surface area (Å²) in [6, 6.07) is 5.52. The number of aliphatic carboxylic acids is 1. The summed E-state index contributed by atoms with van der Waals surface area (Å²) in [6.45, 7) is 5.79. The van der Waals surface area contributed by atoms with Crippen LogP contribution in [0.15, 0.2) is 18.2 Å². The van der Waals surface area contributed by atoms with Crippen LogP contribution in [-0.4, -0.2) is 23.7 Å². The van der Waals surface area contributed by atoms with Crippen LogP contribution < -0.4 is 10.5 Å². The second-order valence-electron chi connectivity index (χ2n) is 4.33. The van der Waals surface area contributed by atoms with Crippen LogP contribution in [0.2, 0.25) is 0 Å². The molecule has 1 aromatic carbocycles. The predicted molar refractivity (Wildman–Crippen MR) is 66.4 cm³/mol. The van der Waals surface area contributed by atoms with E-state index in [9.17, 15) is 4.79 Å². The van der Waals surface area contributed by atoms with Gasteiger partial charge in [0.2, 0.25) is 0 Å². The van der Waals surface area contributed by atoms with Crippen molar-refractivity contribution >= 4 is 5.97 Å². The van der Waals surface area contributed by atoms with Gasteiger partial charge in [-0.25, -0.2) is 0 Å². The van der Waals surface area contributed by atoms with E-state index in [0.29, 0.717) is 11.3 Å². The molecule has 0 saturated heterocycles. The molecule has 0 saturated carbocycles. The maximum absolute atomic E-state index is 11.1. The van der Waals surface area contributed by atoms with E-state index in [0.717, 1.165) is 5.56 Å². The first kappa shape index (κ1) is 13.5. The summed E-state index contributed by atoms with van der Waals surface area (Å²) in [5.41, 5.74) is 7.16. The third-order valence-corrected chi connectivity index (χ3v) is 2.44. The van der Waals surface area contributed by atoms with Crippen LogP contribution in [-0.2, 0) is 4.79 Å². The van der Waals surface area contributed by atoms with Crippen LogP contribution in [0.25, 0.3) is 0 Å². The van der Waals surface area contributed by atoms with Crippen molar-refractivity contribution in [3.8, 4) is 5.75 Å². The lowest BCUT2D eigenvalue weighted by Gasteiger charge is -2.18. The molecule has 17 heavy (non-hydrogen) atoms. The van der Waals surface area contributed by atoms with Gasteiger partial charge < -0.3 is 15.6 Å². The zero-order chi connectivity index (χ0) is 13.0. The number of benzene rings is 1. The summed E-state index contributed by atoms with van der Waals surface area (Å²) >= 11 is 0. The molecule has 0 spiro atoms. The minimum atomic E-state index is -0.924. The Morgan fingerprint density at radius 2 is 2.12 bits per heavy atom. The summed E-state index contributed by atoms with van der Waals surface area (Å²) in [7, 11) is 0. The van der Waals surface area contributed by atoms with E-state index in [4.69, 9.17) is 15.6 Å². The highest BCUT2D eigenvalue weighted by atomic mass is 16.5. The van der Waals surface area contributed by atoms with Gasteiger partial charge in [-0.05, 0) is 26.8 Å². The third-order valence-electron chi connectivity index (χ3n) is 2.44. The predicted octanol–water partition coefficient (Wildman–Crippen LogP) is 1.91. The lowest BCUT2D eigenvalue weighted by atomic mass is 9.96. The van der Waals surface area contributed by atoms with E-state index < -0.39 is 11.9 Å². The molecule has 0 radical (unpaired) electrons. The first-order valence-corrected chi connectivity index (χ1v) is 5.65. The van der Waals surface area contributed by atoms with Crippen molar-refractivity contribution in [1.29, 1.82) is 0 Å². The van der Waals surface area contributed by atoms with Crippen molar-refractivity contribution in [1.82, 2.24) is 0 Å². The van der Waals surface area contributed by atoms with Crippen molar-refractivity contribution in [2.24, 2.45) is 5.73 Å². The quantitative estimate of drug-likeness (QED) is 0.820. The number of carboxylic acid groups (broad SMARTS) is 1. The molecule has 0 aromatic heterocycles. The van der Waals surface area contributed by atoms with Crippen LogP contribution in [0.3, 0.4) is 0 Å². The zero-order valence-electron chi connectivity index (χ0n) is 10.4. The fourth-order valence-electron chi connectivity index (χ4n) is 1.66. The van der Waals surface area contributed by atoms with Crippen LogP contribution in [0.5, 0.6) is 5.75 Å². The van der Waals surface area contributed by atoms with Crippen molar-refractivity contribution in [3.05, 3.63) is 29.3 Å². The average Bonchev–Trinajstić information content (AvgIpc) is 2.22. The maximum atomic E-state index is 11.1. The summed E-state index contributed by atoms with van der Waals surface area (Å²) in [6.07, 6.45) is 0.00340. The van der Waals surface area contributed by atoms with Crippen LogP contribution in [0.4, 0.5) is 0 Å². The first-order valence-electron chi connectivity index (χ1n) is 5.65. The lowest BCUT2D eigenvalue weighted by Crippen LogP contribution is -2.22. The summed E-state index contributed by atoms with van der Waals surface area (Å²) in [5, 5.41) is 9.14. The minimum Gasteiger partial charge on any atom is -0.491 e. The molecule has 1 atom stereocenters. The second kappa shape index (κ2) is 5.68. The van der Waals surface area contributed by atoms with Gasteiger partial charge in [0.15, 0.2) is 0 Å². The largest absolute Gasteiger partial charge is 0.491 e. The molecule has 94 valence electrons. The zero-order valence-corrected chi connectivity index (χ0v) is 10.4. The summed E-state index contributed by atoms with van der Waals surface area (Å²) in [5.74, 6) is -1.04. The Bertz CT molecular complexity index is 402. The monoisotopic (exact) mass is 237 g/mol. The number of carboxylic acids is 1. The van der Waals surface area contributed by atoms with Crippen molar-refractivity contribution in [2.75, 3.05) is 6.54 Å². The van der Waals surface area contributed by atoms with Gasteiger partial charge in [-0.3, -0.25) is 4.79 Å². The molecule has 1 unspecified atom stereocenters. The van der Waals surface area contributed by atoms with Gasteiger partial charge in [-0.2, -0.15) is 0 Å². The SMILES string of the molecule is Cc1ccc(OC(C)C)c(C(CN)C(=O)O)c1. The molecular weight excluding hydrogens is 218 g/mol. The molecule has 0 aliphatic heterocycles. The Balaban J connectivity index is 3.17. The molecule has 1 aromatic rings. The van der Waals surface area contributed by atoms with Crippen LogP contribution in [0, 0.1) is 6.92 Å². The standard InChI is InChI=1S/C13H19NO3/c1-8(2)17-12-5-4-9(3)6-10(12)11(7-14)13(15)16/h4-6,8,11H,7,14H2,1-3H3,(H,15,16). The van der Waals surface area contributed by atoms with E-state index in [2.05, 4.69) is 0 Å². The highest BCUT2D eigenvalue weighted by Crippen LogP contribution is 2.28. The molecule has 4 nitrogen and oxygen atoms in total.